The molecule has 0 saturated carbocycles. The average molecular weight is 504 g/mol. The number of hydrogen-bond acceptors (Lipinski definition) is 6. The van der Waals surface area contributed by atoms with Crippen LogP contribution in [0, 0.1) is 0 Å². The van der Waals surface area contributed by atoms with Gasteiger partial charge in [0.2, 0.25) is 5.88 Å². The maximum Gasteiger partial charge on any atom is 0.255 e. The maximum atomic E-state index is 13.3. The molecule has 5 heterocycles. The third-order valence-corrected chi connectivity index (χ3v) is 7.21. The number of anilines is 2. The number of amides is 1. The van der Waals surface area contributed by atoms with Gasteiger partial charge >= 0.3 is 0 Å². The van der Waals surface area contributed by atoms with Crippen LogP contribution < -0.4 is 20.1 Å². The molecule has 1 unspecified atom stereocenters. The molecule has 0 aliphatic carbocycles. The van der Waals surface area contributed by atoms with Crippen molar-refractivity contribution >= 4 is 39.9 Å². The summed E-state index contributed by atoms with van der Waals surface area (Å²) in [5, 5.41) is 7.03. The number of halogens is 1. The van der Waals surface area contributed by atoms with E-state index in [0.717, 1.165) is 41.7 Å². The van der Waals surface area contributed by atoms with Gasteiger partial charge in [0.15, 0.2) is 5.75 Å². The van der Waals surface area contributed by atoms with Gasteiger partial charge in [0.1, 0.15) is 5.52 Å². The van der Waals surface area contributed by atoms with Crippen LogP contribution in [0.15, 0.2) is 42.6 Å². The molecule has 1 aromatic carbocycles. The Hall–Kier alpha value is -3.78. The minimum atomic E-state index is -0.122. The van der Waals surface area contributed by atoms with E-state index in [0.29, 0.717) is 45.7 Å². The van der Waals surface area contributed by atoms with Crippen LogP contribution in [0.5, 0.6) is 11.6 Å². The SMILES string of the molecule is COc1c(Cl)cccc1Nc1c2[nH]c3c1C(=O)NCC3CCC[C@@H](C)Oc1ccc3nccc-2c3n1. The number of carbonyl (C=O) groups is 1. The van der Waals surface area contributed by atoms with Crippen LogP contribution in [0.3, 0.4) is 0 Å². The number of ether oxygens (including phenoxy) is 2. The third-order valence-electron chi connectivity index (χ3n) is 6.92. The summed E-state index contributed by atoms with van der Waals surface area (Å²) in [4.78, 5) is 26.2. The lowest BCUT2D eigenvalue weighted by Gasteiger charge is -2.24. The molecule has 3 N–H and O–H groups in total. The largest absolute Gasteiger partial charge is 0.493 e. The minimum absolute atomic E-state index is 0.0272. The van der Waals surface area contributed by atoms with Gasteiger partial charge in [-0.1, -0.05) is 17.7 Å². The van der Waals surface area contributed by atoms with Crippen LogP contribution in [0.1, 0.15) is 48.2 Å². The van der Waals surface area contributed by atoms with Crippen LogP contribution in [-0.2, 0) is 0 Å². The molecule has 2 atom stereocenters. The molecule has 2 aliphatic rings. The fraction of sp³-hybridized carbons (Fsp3) is 0.296. The van der Waals surface area contributed by atoms with Crippen LogP contribution >= 0.6 is 11.6 Å². The highest BCUT2D eigenvalue weighted by molar-refractivity contribution is 6.32. The Labute approximate surface area is 213 Å². The fourth-order valence-corrected chi connectivity index (χ4v) is 5.43. The summed E-state index contributed by atoms with van der Waals surface area (Å²) in [6, 6.07) is 11.2. The zero-order chi connectivity index (χ0) is 24.8. The van der Waals surface area contributed by atoms with Gasteiger partial charge in [0, 0.05) is 36.0 Å². The molecule has 4 aromatic rings. The number of para-hydroxylation sites is 1. The molecule has 9 heteroatoms. The highest BCUT2D eigenvalue weighted by Gasteiger charge is 2.33. The van der Waals surface area contributed by atoms with E-state index in [1.807, 2.05) is 30.3 Å². The molecule has 0 spiro atoms. The molecule has 36 heavy (non-hydrogen) atoms. The van der Waals surface area contributed by atoms with Gasteiger partial charge in [-0.15, -0.1) is 0 Å². The Kier molecular flexibility index (Phi) is 5.68. The van der Waals surface area contributed by atoms with Gasteiger partial charge in [-0.25, -0.2) is 4.98 Å². The van der Waals surface area contributed by atoms with E-state index < -0.39 is 0 Å². The number of aromatic nitrogens is 3. The van der Waals surface area contributed by atoms with Gasteiger partial charge < -0.3 is 25.1 Å². The van der Waals surface area contributed by atoms with E-state index in [9.17, 15) is 4.79 Å². The second-order valence-corrected chi connectivity index (χ2v) is 9.66. The number of H-pyrrole nitrogens is 1. The number of nitrogens with zero attached hydrogens (tertiary/aromatic N) is 2. The van der Waals surface area contributed by atoms with Crippen LogP contribution in [0.25, 0.3) is 22.3 Å². The first-order valence-electron chi connectivity index (χ1n) is 12.1. The standard InChI is InChI=1S/C27H26ClN5O3/c1-14-5-3-6-15-13-30-27(34)21-22(15)33-24(25(21)31-19-8-4-7-17(28)26(19)35-2)16-11-12-29-18-9-10-20(36-14)32-23(16)18/h4,7-12,14-15,31,33H,3,5-6,13H2,1-2H3,(H,30,34)/t14-,15?/m1/s1. The van der Waals surface area contributed by atoms with Crippen molar-refractivity contribution in [2.75, 3.05) is 19.0 Å². The number of fused-ring (bicyclic) bond motifs is 3. The van der Waals surface area contributed by atoms with E-state index in [1.54, 1.807) is 19.4 Å². The summed E-state index contributed by atoms with van der Waals surface area (Å²) >= 11 is 6.41. The number of rotatable bonds is 3. The number of nitrogens with one attached hydrogen (secondary N) is 3. The van der Waals surface area contributed by atoms with Crippen LogP contribution in [0.4, 0.5) is 11.4 Å². The maximum absolute atomic E-state index is 13.3. The van der Waals surface area contributed by atoms with Gasteiger partial charge in [0.05, 0.1) is 46.4 Å². The molecule has 6 rings (SSSR count). The number of aromatic amines is 1. The topological polar surface area (TPSA) is 101 Å². The monoisotopic (exact) mass is 503 g/mol. The summed E-state index contributed by atoms with van der Waals surface area (Å²) in [5.41, 5.74) is 5.85. The van der Waals surface area contributed by atoms with Crippen molar-refractivity contribution in [1.82, 2.24) is 20.3 Å². The molecule has 0 radical (unpaired) electrons. The van der Waals surface area contributed by atoms with E-state index in [4.69, 9.17) is 26.1 Å². The Morgan fingerprint density at radius 1 is 1.19 bits per heavy atom. The quantitative estimate of drug-likeness (QED) is 0.326. The van der Waals surface area contributed by atoms with Gasteiger partial charge in [-0.05, 0) is 50.5 Å². The van der Waals surface area contributed by atoms with E-state index in [1.165, 1.54) is 0 Å². The summed E-state index contributed by atoms with van der Waals surface area (Å²) in [6.45, 7) is 2.65. The summed E-state index contributed by atoms with van der Waals surface area (Å²) in [6.07, 6.45) is 4.54. The Balaban J connectivity index is 1.62. The van der Waals surface area contributed by atoms with E-state index in [-0.39, 0.29) is 17.9 Å². The Morgan fingerprint density at radius 3 is 2.94 bits per heavy atom. The van der Waals surface area contributed by atoms with Crippen molar-refractivity contribution in [2.45, 2.75) is 38.2 Å². The molecule has 0 fully saturated rings. The van der Waals surface area contributed by atoms with Crippen molar-refractivity contribution in [3.8, 4) is 22.9 Å². The van der Waals surface area contributed by atoms with Gasteiger partial charge in [-0.2, -0.15) is 0 Å². The zero-order valence-electron chi connectivity index (χ0n) is 20.0. The Morgan fingerprint density at radius 2 is 2.08 bits per heavy atom. The van der Waals surface area contributed by atoms with Crippen molar-refractivity contribution in [1.29, 1.82) is 0 Å². The molecular weight excluding hydrogens is 478 g/mol. The molecule has 2 aliphatic heterocycles. The number of pyridine rings is 2. The molecule has 184 valence electrons. The Bertz CT molecular complexity index is 1480. The lowest BCUT2D eigenvalue weighted by atomic mass is 9.91. The first kappa shape index (κ1) is 22.7. The van der Waals surface area contributed by atoms with Crippen LogP contribution in [-0.4, -0.2) is 40.6 Å². The van der Waals surface area contributed by atoms with Gasteiger partial charge in [0.25, 0.3) is 5.91 Å². The molecular formula is C27H26ClN5O3. The van der Waals surface area contributed by atoms with Crippen molar-refractivity contribution in [3.63, 3.8) is 0 Å². The fourth-order valence-electron chi connectivity index (χ4n) is 5.18. The predicted octanol–water partition coefficient (Wildman–Crippen LogP) is 5.81. The lowest BCUT2D eigenvalue weighted by molar-refractivity contribution is 0.0939. The van der Waals surface area contributed by atoms with Crippen molar-refractivity contribution < 1.29 is 14.3 Å². The normalized spacial score (nSPS) is 19.0. The van der Waals surface area contributed by atoms with E-state index in [2.05, 4.69) is 27.5 Å². The third kappa shape index (κ3) is 3.82. The highest BCUT2D eigenvalue weighted by atomic mass is 35.5. The predicted molar refractivity (Wildman–Crippen MR) is 140 cm³/mol. The summed E-state index contributed by atoms with van der Waals surface area (Å²) in [7, 11) is 1.57. The van der Waals surface area contributed by atoms with Gasteiger partial charge in [-0.3, -0.25) is 9.78 Å². The highest BCUT2D eigenvalue weighted by Crippen LogP contribution is 2.44. The number of carbonyl (C=O) groups excluding carboxylic acids is 1. The van der Waals surface area contributed by atoms with Crippen molar-refractivity contribution in [2.24, 2.45) is 0 Å². The van der Waals surface area contributed by atoms with E-state index >= 15 is 0 Å². The second-order valence-electron chi connectivity index (χ2n) is 9.25. The minimum Gasteiger partial charge on any atom is -0.493 e. The summed E-state index contributed by atoms with van der Waals surface area (Å²) < 4.78 is 11.7. The average Bonchev–Trinajstić information content (AvgIpc) is 3.25. The first-order valence-corrected chi connectivity index (χ1v) is 12.5. The van der Waals surface area contributed by atoms with Crippen molar-refractivity contribution in [3.05, 3.63) is 58.9 Å². The lowest BCUT2D eigenvalue weighted by Crippen LogP contribution is -2.35. The molecule has 1 amide bonds. The number of benzene rings is 1. The number of methoxy groups -OCH3 is 1. The second kappa shape index (κ2) is 9.02. The smallest absolute Gasteiger partial charge is 0.255 e. The molecule has 4 bridgehead atoms. The van der Waals surface area contributed by atoms with Crippen LogP contribution in [0.2, 0.25) is 5.02 Å². The molecule has 3 aromatic heterocycles. The molecule has 0 saturated heterocycles. The number of hydrogen-bond donors (Lipinski definition) is 3. The zero-order valence-corrected chi connectivity index (χ0v) is 20.8. The first-order chi connectivity index (χ1) is 17.5. The summed E-state index contributed by atoms with van der Waals surface area (Å²) in [5.74, 6) is 1.09. The molecule has 8 nitrogen and oxygen atoms in total.